The van der Waals surface area contributed by atoms with Crippen molar-refractivity contribution in [3.8, 4) is 5.75 Å². The summed E-state index contributed by atoms with van der Waals surface area (Å²) in [5.41, 5.74) is 1.15. The lowest BCUT2D eigenvalue weighted by Gasteiger charge is -2.42. The molecule has 0 aliphatic carbocycles. The quantitative estimate of drug-likeness (QED) is 0.291. The van der Waals surface area contributed by atoms with Crippen LogP contribution in [0, 0.1) is 6.92 Å². The number of methoxy groups -OCH3 is 1. The van der Waals surface area contributed by atoms with Crippen molar-refractivity contribution in [1.82, 2.24) is 41.0 Å². The van der Waals surface area contributed by atoms with Crippen LogP contribution in [0.2, 0.25) is 0 Å². The molecule has 0 unspecified atom stereocenters. The smallest absolute Gasteiger partial charge is 0.325 e. The number of nitrogens with one attached hydrogen (secondary N) is 3. The molecule has 2 aliphatic rings. The lowest BCUT2D eigenvalue weighted by atomic mass is 9.83. The summed E-state index contributed by atoms with van der Waals surface area (Å²) in [5, 5.41) is 29.3. The Morgan fingerprint density at radius 1 is 1.23 bits per heavy atom. The molecule has 228 valence electrons. The van der Waals surface area contributed by atoms with Crippen molar-refractivity contribution in [2.24, 2.45) is 0 Å². The largest absolute Gasteiger partial charge is 0.497 e. The molecule has 5 rings (SSSR count). The maximum atomic E-state index is 13.6. The van der Waals surface area contributed by atoms with Crippen molar-refractivity contribution in [2.45, 2.75) is 63.8 Å². The van der Waals surface area contributed by atoms with Gasteiger partial charge in [-0.25, -0.2) is 4.68 Å². The second kappa shape index (κ2) is 12.6. The number of amides is 3. The number of carbonyl (C=O) groups is 4. The van der Waals surface area contributed by atoms with Gasteiger partial charge in [-0.2, -0.15) is 0 Å². The van der Waals surface area contributed by atoms with Crippen molar-refractivity contribution < 1.29 is 33.5 Å². The fourth-order valence-electron chi connectivity index (χ4n) is 5.56. The topological polar surface area (TPSA) is 194 Å². The molecule has 43 heavy (non-hydrogen) atoms. The second-order valence-corrected chi connectivity index (χ2v) is 10.9. The van der Waals surface area contributed by atoms with E-state index in [1.165, 1.54) is 6.20 Å². The van der Waals surface area contributed by atoms with Gasteiger partial charge in [0.2, 0.25) is 11.8 Å². The van der Waals surface area contributed by atoms with Crippen molar-refractivity contribution in [3.63, 3.8) is 0 Å². The molecule has 2 aliphatic heterocycles. The molecule has 1 saturated heterocycles. The fraction of sp³-hybridized carbons (Fsp3) is 0.464. The van der Waals surface area contributed by atoms with E-state index in [1.807, 2.05) is 24.3 Å². The maximum absolute atomic E-state index is 13.6. The molecule has 1 aromatic carbocycles. The van der Waals surface area contributed by atoms with Gasteiger partial charge in [0.25, 0.3) is 5.91 Å². The Morgan fingerprint density at radius 2 is 2.02 bits per heavy atom. The van der Waals surface area contributed by atoms with Gasteiger partial charge < -0.3 is 30.3 Å². The van der Waals surface area contributed by atoms with Crippen LogP contribution in [0.15, 0.2) is 35.0 Å². The predicted octanol–water partition coefficient (Wildman–Crippen LogP) is 0.180. The van der Waals surface area contributed by atoms with Gasteiger partial charge in [-0.15, -0.1) is 5.10 Å². The molecule has 15 nitrogen and oxygen atoms in total. The van der Waals surface area contributed by atoms with Crippen LogP contribution < -0.4 is 20.7 Å². The Kier molecular flexibility index (Phi) is 8.71. The molecule has 0 bridgehead atoms. The first-order chi connectivity index (χ1) is 20.6. The first kappa shape index (κ1) is 29.7. The summed E-state index contributed by atoms with van der Waals surface area (Å²) in [6.45, 7) is 3.07. The number of rotatable bonds is 7. The Morgan fingerprint density at radius 3 is 2.77 bits per heavy atom. The van der Waals surface area contributed by atoms with Crippen LogP contribution in [-0.4, -0.2) is 85.6 Å². The summed E-state index contributed by atoms with van der Waals surface area (Å²) in [7, 11) is 1.63. The maximum Gasteiger partial charge on any atom is 0.325 e. The van der Waals surface area contributed by atoms with E-state index in [0.29, 0.717) is 43.9 Å². The summed E-state index contributed by atoms with van der Waals surface area (Å²) in [5.74, 6) is -1.46. The van der Waals surface area contributed by atoms with Crippen molar-refractivity contribution >= 4 is 23.7 Å². The minimum absolute atomic E-state index is 0.0207. The number of carbonyl (C=O) groups excluding carboxylic acids is 3. The Balaban J connectivity index is 1.36. The molecule has 1 fully saturated rings. The van der Waals surface area contributed by atoms with Gasteiger partial charge in [0.1, 0.15) is 23.9 Å². The number of carboxylic acid groups (broad SMARTS) is 1. The third-order valence-corrected chi connectivity index (χ3v) is 7.76. The van der Waals surface area contributed by atoms with E-state index in [0.717, 1.165) is 16.0 Å². The van der Waals surface area contributed by atoms with Gasteiger partial charge in [-0.05, 0) is 37.5 Å². The van der Waals surface area contributed by atoms with Crippen LogP contribution in [0.5, 0.6) is 5.75 Å². The number of ether oxygens (including phenoxy) is 1. The van der Waals surface area contributed by atoms with Crippen molar-refractivity contribution in [2.75, 3.05) is 20.2 Å². The van der Waals surface area contributed by atoms with Crippen LogP contribution in [0.1, 0.15) is 52.3 Å². The van der Waals surface area contributed by atoms with Crippen molar-refractivity contribution in [1.29, 1.82) is 0 Å². The molecule has 1 atom stereocenters. The zero-order valence-corrected chi connectivity index (χ0v) is 24.0. The summed E-state index contributed by atoms with van der Waals surface area (Å²) >= 11 is 0. The summed E-state index contributed by atoms with van der Waals surface area (Å²) in [6.07, 6.45) is 2.34. The Bertz CT molecular complexity index is 1510. The van der Waals surface area contributed by atoms with Gasteiger partial charge >= 0.3 is 5.97 Å². The molecule has 4 N–H and O–H groups in total. The number of aryl methyl sites for hydroxylation is 1. The fourth-order valence-corrected chi connectivity index (χ4v) is 5.56. The number of benzene rings is 1. The van der Waals surface area contributed by atoms with Gasteiger partial charge in [0, 0.05) is 38.7 Å². The van der Waals surface area contributed by atoms with Gasteiger partial charge in [0.05, 0.1) is 30.6 Å². The number of nitrogens with zero attached hydrogens (tertiary/aromatic N) is 5. The molecule has 3 aromatic rings. The number of fused-ring (bicyclic) bond motifs is 1. The number of hydrogen-bond donors (Lipinski definition) is 4. The van der Waals surface area contributed by atoms with Crippen molar-refractivity contribution in [3.05, 3.63) is 58.7 Å². The third kappa shape index (κ3) is 7.17. The highest BCUT2D eigenvalue weighted by Gasteiger charge is 2.40. The summed E-state index contributed by atoms with van der Waals surface area (Å²) in [4.78, 5) is 53.5. The zero-order chi connectivity index (χ0) is 30.6. The molecule has 15 heteroatoms. The average Bonchev–Trinajstić information content (AvgIpc) is 3.57. The van der Waals surface area contributed by atoms with Crippen LogP contribution in [0.25, 0.3) is 0 Å². The van der Waals surface area contributed by atoms with Crippen LogP contribution in [-0.2, 0) is 40.4 Å². The molecular formula is C28H34N8O7. The molecule has 3 amide bonds. The van der Waals surface area contributed by atoms with E-state index >= 15 is 0 Å². The first-order valence-electron chi connectivity index (χ1n) is 13.9. The number of likely N-dealkylation sites (tertiary alicyclic amines) is 1. The molecule has 0 radical (unpaired) electrons. The average molecular weight is 595 g/mol. The van der Waals surface area contributed by atoms with Crippen LogP contribution >= 0.6 is 0 Å². The van der Waals surface area contributed by atoms with Gasteiger partial charge in [-0.3, -0.25) is 24.1 Å². The SMILES string of the molecule is COc1cccc(CN2CCC3(CC2)CC(=O)N[C@H](Cc2cn(CC(=O)O)nn2)C(=O)NCc2onc(C)c2C(=O)N3)c1. The standard InChI is InChI=1S/C28H34N8O7/c1-17-25-22(43-33-17)13-29-26(40)21(11-19-15-36(34-32-19)16-24(38)39)30-23(37)12-28(31-27(25)41)6-8-35(9-7-28)14-18-4-3-5-20(10-18)42-2/h3-5,10,15,21H,6-9,11-14,16H2,1-2H3,(H,29,40)(H,30,37)(H,31,41)(H,38,39)/t21-/m1/s1. The van der Waals surface area contributed by atoms with E-state index < -0.39 is 35.3 Å². The van der Waals surface area contributed by atoms with E-state index in [-0.39, 0.29) is 37.3 Å². The van der Waals surface area contributed by atoms with E-state index in [1.54, 1.807) is 14.0 Å². The Labute approximate surface area is 246 Å². The molecule has 0 saturated carbocycles. The minimum Gasteiger partial charge on any atom is -0.497 e. The highest BCUT2D eigenvalue weighted by molar-refractivity contribution is 5.97. The number of piperidine rings is 1. The monoisotopic (exact) mass is 594 g/mol. The molecule has 1 spiro atoms. The highest BCUT2D eigenvalue weighted by atomic mass is 16.5. The second-order valence-electron chi connectivity index (χ2n) is 10.9. The minimum atomic E-state index is -1.09. The van der Waals surface area contributed by atoms with E-state index in [9.17, 15) is 19.2 Å². The number of carboxylic acids is 1. The van der Waals surface area contributed by atoms with Gasteiger partial charge in [0.15, 0.2) is 5.76 Å². The van der Waals surface area contributed by atoms with E-state index in [2.05, 4.69) is 36.3 Å². The zero-order valence-electron chi connectivity index (χ0n) is 24.0. The summed E-state index contributed by atoms with van der Waals surface area (Å²) < 4.78 is 11.9. The van der Waals surface area contributed by atoms with Crippen LogP contribution in [0.4, 0.5) is 0 Å². The number of aliphatic carboxylic acids is 1. The lowest BCUT2D eigenvalue weighted by molar-refractivity contribution is -0.138. The Hall–Kier alpha value is -4.79. The number of aromatic nitrogens is 4. The predicted molar refractivity (Wildman–Crippen MR) is 149 cm³/mol. The van der Waals surface area contributed by atoms with Crippen LogP contribution in [0.3, 0.4) is 0 Å². The highest BCUT2D eigenvalue weighted by Crippen LogP contribution is 2.29. The molecule has 4 heterocycles. The lowest BCUT2D eigenvalue weighted by Crippen LogP contribution is -2.58. The normalized spacial score (nSPS) is 19.4. The first-order valence-corrected chi connectivity index (χ1v) is 13.9. The molecular weight excluding hydrogens is 560 g/mol. The summed E-state index contributed by atoms with van der Waals surface area (Å²) in [6, 6.07) is 6.81. The molecule has 2 aromatic heterocycles. The van der Waals surface area contributed by atoms with Gasteiger partial charge in [-0.1, -0.05) is 22.5 Å². The number of hydrogen-bond acceptors (Lipinski definition) is 10. The third-order valence-electron chi connectivity index (χ3n) is 7.76. The van der Waals surface area contributed by atoms with E-state index in [4.69, 9.17) is 14.4 Å².